The number of hydrogen-bond donors (Lipinski definition) is 1. The van der Waals surface area contributed by atoms with E-state index in [1.807, 2.05) is 6.92 Å². The van der Waals surface area contributed by atoms with Crippen LogP contribution in [-0.4, -0.2) is 17.7 Å². The molecule has 0 aliphatic carbocycles. The van der Waals surface area contributed by atoms with Gasteiger partial charge in [0.1, 0.15) is 17.3 Å². The Kier molecular flexibility index (Phi) is 5.93. The number of esters is 1. The van der Waals surface area contributed by atoms with Crippen molar-refractivity contribution in [2.75, 3.05) is 6.61 Å². The largest absolute Gasteiger partial charge is 0.466 e. The molecule has 0 spiro atoms. The average molecular weight is 332 g/mol. The quantitative estimate of drug-likeness (QED) is 0.773. The van der Waals surface area contributed by atoms with Gasteiger partial charge in [-0.05, 0) is 55.3 Å². The molecule has 0 aromatic heterocycles. The first-order valence-electron chi connectivity index (χ1n) is 7.82. The molecule has 0 aliphatic rings. The van der Waals surface area contributed by atoms with Gasteiger partial charge in [-0.15, -0.1) is 0 Å². The SMILES string of the molecule is CCCOC(=O)CC(C)(O)c1ccc(Oc2ccc(F)cc2)cc1. The molecule has 0 aliphatic heterocycles. The molecular weight excluding hydrogens is 311 g/mol. The van der Waals surface area contributed by atoms with E-state index in [1.165, 1.54) is 24.3 Å². The highest BCUT2D eigenvalue weighted by Crippen LogP contribution is 2.28. The summed E-state index contributed by atoms with van der Waals surface area (Å²) >= 11 is 0. The van der Waals surface area contributed by atoms with Gasteiger partial charge in [0.25, 0.3) is 0 Å². The third-order valence-corrected chi connectivity index (χ3v) is 3.48. The third kappa shape index (κ3) is 5.06. The number of carbonyl (C=O) groups is 1. The van der Waals surface area contributed by atoms with Crippen LogP contribution >= 0.6 is 0 Å². The molecule has 0 saturated carbocycles. The normalized spacial score (nSPS) is 13.2. The van der Waals surface area contributed by atoms with Gasteiger partial charge in [-0.1, -0.05) is 19.1 Å². The van der Waals surface area contributed by atoms with E-state index < -0.39 is 11.6 Å². The van der Waals surface area contributed by atoms with E-state index in [2.05, 4.69) is 0 Å². The minimum atomic E-state index is -1.32. The lowest BCUT2D eigenvalue weighted by Gasteiger charge is -2.23. The van der Waals surface area contributed by atoms with Crippen LogP contribution in [0.4, 0.5) is 4.39 Å². The van der Waals surface area contributed by atoms with Crippen molar-refractivity contribution in [1.29, 1.82) is 0 Å². The lowest BCUT2D eigenvalue weighted by molar-refractivity contribution is -0.149. The summed E-state index contributed by atoms with van der Waals surface area (Å²) in [5, 5.41) is 10.5. The molecule has 0 radical (unpaired) electrons. The van der Waals surface area contributed by atoms with Gasteiger partial charge in [-0.25, -0.2) is 4.39 Å². The average Bonchev–Trinajstić information content (AvgIpc) is 2.55. The summed E-state index contributed by atoms with van der Waals surface area (Å²) in [6.07, 6.45) is 0.620. The van der Waals surface area contributed by atoms with Crippen molar-refractivity contribution in [2.24, 2.45) is 0 Å². The highest BCUT2D eigenvalue weighted by Gasteiger charge is 2.27. The Balaban J connectivity index is 2.02. The third-order valence-electron chi connectivity index (χ3n) is 3.48. The minimum absolute atomic E-state index is 0.120. The molecule has 2 rings (SSSR count). The highest BCUT2D eigenvalue weighted by molar-refractivity contribution is 5.71. The number of aliphatic hydroxyl groups is 1. The van der Waals surface area contributed by atoms with E-state index >= 15 is 0 Å². The van der Waals surface area contributed by atoms with E-state index in [4.69, 9.17) is 9.47 Å². The van der Waals surface area contributed by atoms with Crippen molar-refractivity contribution in [3.63, 3.8) is 0 Å². The summed E-state index contributed by atoms with van der Waals surface area (Å²) in [6, 6.07) is 12.4. The van der Waals surface area contributed by atoms with Gasteiger partial charge in [0.15, 0.2) is 0 Å². The molecule has 2 aromatic rings. The first kappa shape index (κ1) is 17.9. The number of benzene rings is 2. The summed E-state index contributed by atoms with van der Waals surface area (Å²) in [5.41, 5.74) is -0.735. The topological polar surface area (TPSA) is 55.8 Å². The van der Waals surface area contributed by atoms with Crippen LogP contribution in [0.25, 0.3) is 0 Å². The lowest BCUT2D eigenvalue weighted by atomic mass is 9.92. The molecule has 128 valence electrons. The Labute approximate surface area is 140 Å². The van der Waals surface area contributed by atoms with Crippen LogP contribution in [0, 0.1) is 5.82 Å². The standard InChI is InChI=1S/C19H21FO4/c1-3-12-23-18(21)13-19(2,22)14-4-8-16(9-5-14)24-17-10-6-15(20)7-11-17/h4-11,22H,3,12-13H2,1-2H3. The molecule has 1 unspecified atom stereocenters. The number of carbonyl (C=O) groups excluding carboxylic acids is 1. The fourth-order valence-corrected chi connectivity index (χ4v) is 2.17. The van der Waals surface area contributed by atoms with Crippen LogP contribution in [0.5, 0.6) is 11.5 Å². The van der Waals surface area contributed by atoms with Crippen molar-refractivity contribution >= 4 is 5.97 Å². The molecule has 0 bridgehead atoms. The summed E-state index contributed by atoms with van der Waals surface area (Å²) in [5.74, 6) is 0.297. The van der Waals surface area contributed by atoms with Crippen molar-refractivity contribution in [3.8, 4) is 11.5 Å². The zero-order valence-corrected chi connectivity index (χ0v) is 13.8. The minimum Gasteiger partial charge on any atom is -0.466 e. The van der Waals surface area contributed by atoms with Gasteiger partial charge in [0.2, 0.25) is 0 Å². The molecule has 2 aromatic carbocycles. The predicted octanol–water partition coefficient (Wildman–Crippen LogP) is 4.17. The van der Waals surface area contributed by atoms with Gasteiger partial charge in [0, 0.05) is 0 Å². The second kappa shape index (κ2) is 7.93. The molecule has 5 heteroatoms. The summed E-state index contributed by atoms with van der Waals surface area (Å²) in [6.45, 7) is 3.82. The predicted molar refractivity (Wildman–Crippen MR) is 88.4 cm³/mol. The first-order valence-corrected chi connectivity index (χ1v) is 7.82. The smallest absolute Gasteiger partial charge is 0.309 e. The maximum absolute atomic E-state index is 12.9. The zero-order valence-electron chi connectivity index (χ0n) is 13.8. The molecule has 0 saturated heterocycles. The maximum atomic E-state index is 12.9. The second-order valence-electron chi connectivity index (χ2n) is 5.75. The maximum Gasteiger partial charge on any atom is 0.309 e. The van der Waals surface area contributed by atoms with Gasteiger partial charge in [-0.3, -0.25) is 4.79 Å². The first-order chi connectivity index (χ1) is 11.4. The van der Waals surface area contributed by atoms with Crippen LogP contribution in [0.15, 0.2) is 48.5 Å². The van der Waals surface area contributed by atoms with E-state index in [9.17, 15) is 14.3 Å². The molecule has 4 nitrogen and oxygen atoms in total. The van der Waals surface area contributed by atoms with Crippen LogP contribution in [0.1, 0.15) is 32.3 Å². The Morgan fingerprint density at radius 2 is 1.62 bits per heavy atom. The molecule has 0 heterocycles. The summed E-state index contributed by atoms with van der Waals surface area (Å²) in [7, 11) is 0. The van der Waals surface area contributed by atoms with E-state index in [1.54, 1.807) is 31.2 Å². The number of halogens is 1. The summed E-state index contributed by atoms with van der Waals surface area (Å²) in [4.78, 5) is 11.7. The molecule has 24 heavy (non-hydrogen) atoms. The van der Waals surface area contributed by atoms with E-state index in [0.717, 1.165) is 6.42 Å². The van der Waals surface area contributed by atoms with E-state index in [0.29, 0.717) is 23.7 Å². The van der Waals surface area contributed by atoms with Gasteiger partial charge in [-0.2, -0.15) is 0 Å². The van der Waals surface area contributed by atoms with Crippen LogP contribution < -0.4 is 4.74 Å². The van der Waals surface area contributed by atoms with Gasteiger partial charge in [0.05, 0.1) is 18.6 Å². The Bertz CT molecular complexity index is 663. The molecule has 1 atom stereocenters. The fraction of sp³-hybridized carbons (Fsp3) is 0.316. The zero-order chi connectivity index (χ0) is 17.6. The van der Waals surface area contributed by atoms with Crippen LogP contribution in [0.3, 0.4) is 0 Å². The van der Waals surface area contributed by atoms with Crippen molar-refractivity contribution in [2.45, 2.75) is 32.3 Å². The Hall–Kier alpha value is -2.40. The van der Waals surface area contributed by atoms with Crippen LogP contribution in [-0.2, 0) is 15.1 Å². The van der Waals surface area contributed by atoms with Gasteiger partial charge < -0.3 is 14.6 Å². The van der Waals surface area contributed by atoms with Crippen LogP contribution in [0.2, 0.25) is 0 Å². The number of hydrogen-bond acceptors (Lipinski definition) is 4. The monoisotopic (exact) mass is 332 g/mol. The van der Waals surface area contributed by atoms with Crippen molar-refractivity contribution in [3.05, 3.63) is 59.9 Å². The molecule has 1 N–H and O–H groups in total. The Morgan fingerprint density at radius 1 is 1.08 bits per heavy atom. The van der Waals surface area contributed by atoms with Gasteiger partial charge >= 0.3 is 5.97 Å². The number of rotatable bonds is 7. The molecular formula is C19H21FO4. The fourth-order valence-electron chi connectivity index (χ4n) is 2.17. The van der Waals surface area contributed by atoms with Crippen molar-refractivity contribution in [1.82, 2.24) is 0 Å². The molecule has 0 fully saturated rings. The lowest BCUT2D eigenvalue weighted by Crippen LogP contribution is -2.26. The summed E-state index contributed by atoms with van der Waals surface area (Å²) < 4.78 is 23.5. The molecule has 0 amide bonds. The van der Waals surface area contributed by atoms with Crippen molar-refractivity contribution < 1.29 is 23.8 Å². The van der Waals surface area contributed by atoms with E-state index in [-0.39, 0.29) is 12.2 Å². The number of ether oxygens (including phenoxy) is 2. The Morgan fingerprint density at radius 3 is 2.17 bits per heavy atom. The second-order valence-corrected chi connectivity index (χ2v) is 5.75. The highest BCUT2D eigenvalue weighted by atomic mass is 19.1.